The van der Waals surface area contributed by atoms with Crippen molar-refractivity contribution in [1.82, 2.24) is 9.66 Å². The van der Waals surface area contributed by atoms with Crippen LogP contribution < -0.4 is 15.9 Å². The fraction of sp³-hybridized carbons (Fsp3) is 0.250. The minimum absolute atomic E-state index is 0.260. The monoisotopic (exact) mass is 366 g/mol. The number of hydrogen-bond acceptors (Lipinski definition) is 5. The van der Waals surface area contributed by atoms with Crippen LogP contribution in [0, 0.1) is 0 Å². The maximum absolute atomic E-state index is 12.9. The highest BCUT2D eigenvalue weighted by Gasteiger charge is 2.21. The third-order valence-corrected chi connectivity index (χ3v) is 4.24. The van der Waals surface area contributed by atoms with E-state index in [1.807, 2.05) is 11.0 Å². The Balaban J connectivity index is 1.91. The minimum atomic E-state index is -0.466. The van der Waals surface area contributed by atoms with E-state index < -0.39 is 5.91 Å². The standard InChI is InChI=1S/C20H22N4O3/c1-3-9-15(4-2)27-14-18(25)22-24-19(26)16-10-5-6-11-17(16)21-20(24)23-12-7-8-13-23/h3-6,9-11H,1-2,7-8,12-14H2,(H,22,25)/b15-9+. The first-order valence-corrected chi connectivity index (χ1v) is 8.78. The Bertz CT molecular complexity index is 955. The van der Waals surface area contributed by atoms with Gasteiger partial charge in [-0.25, -0.2) is 4.98 Å². The molecule has 0 unspecified atom stereocenters. The number of para-hydroxylation sites is 1. The summed E-state index contributed by atoms with van der Waals surface area (Å²) in [5.41, 5.74) is 2.91. The Morgan fingerprint density at radius 2 is 2.00 bits per heavy atom. The molecule has 0 bridgehead atoms. The molecular weight excluding hydrogens is 344 g/mol. The van der Waals surface area contributed by atoms with E-state index in [0.717, 1.165) is 25.9 Å². The summed E-state index contributed by atoms with van der Waals surface area (Å²) in [6.45, 7) is 8.51. The van der Waals surface area contributed by atoms with E-state index in [-0.39, 0.29) is 12.2 Å². The molecule has 0 saturated carbocycles. The molecule has 7 heteroatoms. The Morgan fingerprint density at radius 1 is 1.26 bits per heavy atom. The summed E-state index contributed by atoms with van der Waals surface area (Å²) < 4.78 is 6.58. The molecule has 27 heavy (non-hydrogen) atoms. The molecule has 0 spiro atoms. The van der Waals surface area contributed by atoms with Crippen LogP contribution in [0.15, 0.2) is 66.2 Å². The van der Waals surface area contributed by atoms with Crippen molar-refractivity contribution < 1.29 is 9.53 Å². The number of nitrogens with zero attached hydrogens (tertiary/aromatic N) is 3. The van der Waals surface area contributed by atoms with E-state index in [1.165, 1.54) is 16.8 Å². The molecule has 1 fully saturated rings. The van der Waals surface area contributed by atoms with Gasteiger partial charge in [-0.1, -0.05) is 31.4 Å². The lowest BCUT2D eigenvalue weighted by molar-refractivity contribution is -0.120. The van der Waals surface area contributed by atoms with Gasteiger partial charge in [0.1, 0.15) is 5.76 Å². The number of fused-ring (bicyclic) bond motifs is 1. The Hall–Kier alpha value is -3.35. The number of hydrogen-bond donors (Lipinski definition) is 1. The molecule has 1 aliphatic heterocycles. The normalized spacial score (nSPS) is 14.2. The van der Waals surface area contributed by atoms with Crippen LogP contribution in [0.25, 0.3) is 10.9 Å². The lowest BCUT2D eigenvalue weighted by Gasteiger charge is -2.22. The van der Waals surface area contributed by atoms with Crippen LogP contribution in [0.3, 0.4) is 0 Å². The number of benzene rings is 1. The SMILES string of the molecule is C=C/C=C(\C=C)OCC(=O)Nn1c(N2CCCC2)nc2ccccc2c1=O. The highest BCUT2D eigenvalue weighted by molar-refractivity contribution is 5.86. The van der Waals surface area contributed by atoms with Crippen molar-refractivity contribution in [2.24, 2.45) is 0 Å². The average Bonchev–Trinajstić information content (AvgIpc) is 3.22. The van der Waals surface area contributed by atoms with Crippen molar-refractivity contribution in [3.63, 3.8) is 0 Å². The first kappa shape index (κ1) is 18.4. The summed E-state index contributed by atoms with van der Waals surface area (Å²) in [6.07, 6.45) is 6.66. The zero-order valence-corrected chi connectivity index (χ0v) is 15.1. The second-order valence-corrected chi connectivity index (χ2v) is 6.10. The van der Waals surface area contributed by atoms with Gasteiger partial charge in [-0.15, -0.1) is 0 Å². The van der Waals surface area contributed by atoms with Crippen molar-refractivity contribution in [2.45, 2.75) is 12.8 Å². The fourth-order valence-corrected chi connectivity index (χ4v) is 2.95. The minimum Gasteiger partial charge on any atom is -0.484 e. The highest BCUT2D eigenvalue weighted by atomic mass is 16.5. The molecule has 140 valence electrons. The van der Waals surface area contributed by atoms with Gasteiger partial charge >= 0.3 is 0 Å². The van der Waals surface area contributed by atoms with Crippen molar-refractivity contribution in [3.8, 4) is 0 Å². The Kier molecular flexibility index (Phi) is 5.71. The molecular formula is C20H22N4O3. The summed E-state index contributed by atoms with van der Waals surface area (Å²) in [7, 11) is 0. The lowest BCUT2D eigenvalue weighted by atomic mass is 10.2. The van der Waals surface area contributed by atoms with Crippen molar-refractivity contribution in [2.75, 3.05) is 30.0 Å². The van der Waals surface area contributed by atoms with Crippen LogP contribution in [0.4, 0.5) is 5.95 Å². The molecule has 3 rings (SSSR count). The van der Waals surface area contributed by atoms with E-state index >= 15 is 0 Å². The maximum Gasteiger partial charge on any atom is 0.281 e. The van der Waals surface area contributed by atoms with Gasteiger partial charge in [-0.3, -0.25) is 15.0 Å². The zero-order valence-electron chi connectivity index (χ0n) is 15.1. The fourth-order valence-electron chi connectivity index (χ4n) is 2.95. The Labute approximate surface area is 157 Å². The van der Waals surface area contributed by atoms with Gasteiger partial charge in [0.15, 0.2) is 6.61 Å². The maximum atomic E-state index is 12.9. The number of allylic oxidation sites excluding steroid dienone is 3. The Morgan fingerprint density at radius 3 is 2.70 bits per heavy atom. The van der Waals surface area contributed by atoms with Crippen LogP contribution in [0.1, 0.15) is 12.8 Å². The predicted octanol–water partition coefficient (Wildman–Crippen LogP) is 2.34. The number of amides is 1. The third-order valence-electron chi connectivity index (χ3n) is 4.24. The summed E-state index contributed by atoms with van der Waals surface area (Å²) in [5.74, 6) is 0.394. The topological polar surface area (TPSA) is 76.5 Å². The van der Waals surface area contributed by atoms with Crippen LogP contribution in [0.5, 0.6) is 0 Å². The summed E-state index contributed by atoms with van der Waals surface area (Å²) >= 11 is 0. The van der Waals surface area contributed by atoms with Crippen LogP contribution in [-0.2, 0) is 9.53 Å². The number of ether oxygens (including phenoxy) is 1. The smallest absolute Gasteiger partial charge is 0.281 e. The average molecular weight is 366 g/mol. The lowest BCUT2D eigenvalue weighted by Crippen LogP contribution is -2.40. The molecule has 1 aromatic heterocycles. The quantitative estimate of drug-likeness (QED) is 0.601. The van der Waals surface area contributed by atoms with Gasteiger partial charge in [0, 0.05) is 13.1 Å². The van der Waals surface area contributed by atoms with Crippen molar-refractivity contribution in [3.05, 3.63) is 71.8 Å². The van der Waals surface area contributed by atoms with Crippen LogP contribution in [0.2, 0.25) is 0 Å². The number of anilines is 1. The summed E-state index contributed by atoms with van der Waals surface area (Å²) in [6, 6.07) is 7.09. The molecule has 1 aromatic carbocycles. The first-order valence-electron chi connectivity index (χ1n) is 8.78. The zero-order chi connectivity index (χ0) is 19.2. The number of carbonyl (C=O) groups excluding carboxylic acids is 1. The van der Waals surface area contributed by atoms with Gasteiger partial charge in [0.25, 0.3) is 11.5 Å². The molecule has 0 atom stereocenters. The number of aromatic nitrogens is 2. The van der Waals surface area contributed by atoms with E-state index in [0.29, 0.717) is 22.6 Å². The molecule has 0 aliphatic carbocycles. The first-order chi connectivity index (χ1) is 13.1. The molecule has 1 aliphatic rings. The van der Waals surface area contributed by atoms with E-state index in [4.69, 9.17) is 4.74 Å². The largest absolute Gasteiger partial charge is 0.484 e. The van der Waals surface area contributed by atoms with Gasteiger partial charge in [-0.05, 0) is 37.1 Å². The highest BCUT2D eigenvalue weighted by Crippen LogP contribution is 2.18. The number of rotatable bonds is 7. The molecule has 2 heterocycles. The van der Waals surface area contributed by atoms with Crippen LogP contribution in [-0.4, -0.2) is 35.3 Å². The molecule has 1 saturated heterocycles. The van der Waals surface area contributed by atoms with Gasteiger partial charge in [0.2, 0.25) is 5.95 Å². The molecule has 1 amide bonds. The molecule has 2 aromatic rings. The number of nitrogens with one attached hydrogen (secondary N) is 1. The van der Waals surface area contributed by atoms with Crippen molar-refractivity contribution >= 4 is 22.8 Å². The van der Waals surface area contributed by atoms with Gasteiger partial charge in [-0.2, -0.15) is 4.68 Å². The third kappa shape index (κ3) is 4.08. The van der Waals surface area contributed by atoms with Crippen LogP contribution >= 0.6 is 0 Å². The predicted molar refractivity (Wildman–Crippen MR) is 106 cm³/mol. The second kappa shape index (κ2) is 8.35. The molecule has 1 N–H and O–H groups in total. The number of carbonyl (C=O) groups is 1. The summed E-state index contributed by atoms with van der Waals surface area (Å²) in [5, 5.41) is 0.444. The van der Waals surface area contributed by atoms with E-state index in [2.05, 4.69) is 23.6 Å². The van der Waals surface area contributed by atoms with Gasteiger partial charge < -0.3 is 9.64 Å². The molecule has 7 nitrogen and oxygen atoms in total. The summed E-state index contributed by atoms with van der Waals surface area (Å²) in [4.78, 5) is 31.9. The van der Waals surface area contributed by atoms with Crippen molar-refractivity contribution in [1.29, 1.82) is 0 Å². The molecule has 0 radical (unpaired) electrons. The van der Waals surface area contributed by atoms with E-state index in [9.17, 15) is 9.59 Å². The second-order valence-electron chi connectivity index (χ2n) is 6.10. The van der Waals surface area contributed by atoms with Gasteiger partial charge in [0.05, 0.1) is 10.9 Å². The van der Waals surface area contributed by atoms with E-state index in [1.54, 1.807) is 24.3 Å².